The molecular formula is C12H17N. The minimum Gasteiger partial charge on any atom is -0.322 e. The van der Waals surface area contributed by atoms with Crippen LogP contribution < -0.4 is 5.73 Å². The Bertz CT molecular complexity index is 291. The molecule has 0 radical (unpaired) electrons. The van der Waals surface area contributed by atoms with Gasteiger partial charge < -0.3 is 5.73 Å². The molecule has 1 heteroatoms. The Morgan fingerprint density at radius 2 is 1.77 bits per heavy atom. The average Bonchev–Trinajstić information content (AvgIpc) is 2.04. The molecule has 0 unspecified atom stereocenters. The van der Waals surface area contributed by atoms with Crippen molar-refractivity contribution in [3.63, 3.8) is 0 Å². The van der Waals surface area contributed by atoms with Crippen LogP contribution in [0.5, 0.6) is 0 Å². The summed E-state index contributed by atoms with van der Waals surface area (Å²) in [6.07, 6.45) is 2.12. The molecule has 0 bridgehead atoms. The van der Waals surface area contributed by atoms with Crippen LogP contribution in [0.3, 0.4) is 0 Å². The first-order valence-electron chi connectivity index (χ1n) is 4.53. The predicted molar refractivity (Wildman–Crippen MR) is 58.4 cm³/mol. The van der Waals surface area contributed by atoms with Crippen LogP contribution >= 0.6 is 0 Å². The third-order valence-electron chi connectivity index (χ3n) is 2.20. The number of hydrogen-bond acceptors (Lipinski definition) is 1. The molecule has 13 heavy (non-hydrogen) atoms. The average molecular weight is 175 g/mol. The second kappa shape index (κ2) is 3.75. The highest BCUT2D eigenvalue weighted by Crippen LogP contribution is 2.15. The van der Waals surface area contributed by atoms with E-state index in [-0.39, 0.29) is 5.54 Å². The first kappa shape index (κ1) is 10.0. The van der Waals surface area contributed by atoms with Crippen LogP contribution in [0, 0.1) is 0 Å². The summed E-state index contributed by atoms with van der Waals surface area (Å²) in [7, 11) is 0. The van der Waals surface area contributed by atoms with Crippen molar-refractivity contribution in [3.05, 3.63) is 41.5 Å². The Labute approximate surface area is 80.3 Å². The number of rotatable bonds is 2. The molecule has 0 aliphatic carbocycles. The van der Waals surface area contributed by atoms with Gasteiger partial charge in [-0.3, -0.25) is 0 Å². The van der Waals surface area contributed by atoms with E-state index < -0.39 is 0 Å². The molecule has 0 fully saturated rings. The minimum atomic E-state index is -0.226. The molecule has 2 N–H and O–H groups in total. The lowest BCUT2D eigenvalue weighted by molar-refractivity contribution is 0.615. The fourth-order valence-corrected chi connectivity index (χ4v) is 0.985. The van der Waals surface area contributed by atoms with Crippen molar-refractivity contribution in [2.45, 2.75) is 26.3 Å². The SMILES string of the molecule is C/C(=C\c1ccccc1)C(C)(C)N. The van der Waals surface area contributed by atoms with Gasteiger partial charge in [0.1, 0.15) is 0 Å². The molecule has 0 aromatic heterocycles. The van der Waals surface area contributed by atoms with Gasteiger partial charge in [-0.25, -0.2) is 0 Å². The Morgan fingerprint density at radius 3 is 2.23 bits per heavy atom. The van der Waals surface area contributed by atoms with E-state index in [2.05, 4.69) is 25.1 Å². The molecule has 1 nitrogen and oxygen atoms in total. The van der Waals surface area contributed by atoms with Crippen molar-refractivity contribution in [2.75, 3.05) is 0 Å². The van der Waals surface area contributed by atoms with Crippen LogP contribution in [0.4, 0.5) is 0 Å². The minimum absolute atomic E-state index is 0.226. The molecule has 1 aromatic rings. The molecule has 0 saturated carbocycles. The molecule has 0 amide bonds. The third-order valence-corrected chi connectivity index (χ3v) is 2.20. The van der Waals surface area contributed by atoms with Gasteiger partial charge in [-0.15, -0.1) is 0 Å². The highest BCUT2D eigenvalue weighted by molar-refractivity contribution is 5.54. The summed E-state index contributed by atoms with van der Waals surface area (Å²) < 4.78 is 0. The van der Waals surface area contributed by atoms with Gasteiger partial charge in [0.15, 0.2) is 0 Å². The van der Waals surface area contributed by atoms with E-state index in [0.717, 1.165) is 0 Å². The molecule has 1 aromatic carbocycles. The molecular weight excluding hydrogens is 158 g/mol. The van der Waals surface area contributed by atoms with Gasteiger partial charge in [-0.2, -0.15) is 0 Å². The maximum absolute atomic E-state index is 5.96. The van der Waals surface area contributed by atoms with Crippen LogP contribution in [0.25, 0.3) is 6.08 Å². The molecule has 0 atom stereocenters. The third kappa shape index (κ3) is 3.03. The predicted octanol–water partition coefficient (Wildman–Crippen LogP) is 2.83. The summed E-state index contributed by atoms with van der Waals surface area (Å²) >= 11 is 0. The zero-order chi connectivity index (χ0) is 9.90. The van der Waals surface area contributed by atoms with E-state index in [1.54, 1.807) is 0 Å². The Hall–Kier alpha value is -1.08. The summed E-state index contributed by atoms with van der Waals surface area (Å²) in [5.74, 6) is 0. The van der Waals surface area contributed by atoms with E-state index in [1.165, 1.54) is 11.1 Å². The molecule has 0 spiro atoms. The lowest BCUT2D eigenvalue weighted by atomic mass is 9.95. The van der Waals surface area contributed by atoms with Crippen molar-refractivity contribution >= 4 is 6.08 Å². The molecule has 0 saturated heterocycles. The summed E-state index contributed by atoms with van der Waals surface area (Å²) in [4.78, 5) is 0. The maximum Gasteiger partial charge on any atom is 0.0311 e. The Kier molecular flexibility index (Phi) is 2.89. The monoisotopic (exact) mass is 175 g/mol. The summed E-state index contributed by atoms with van der Waals surface area (Å²) in [6, 6.07) is 10.2. The van der Waals surface area contributed by atoms with Crippen LogP contribution in [-0.2, 0) is 0 Å². The highest BCUT2D eigenvalue weighted by atomic mass is 14.7. The lowest BCUT2D eigenvalue weighted by Gasteiger charge is -2.19. The van der Waals surface area contributed by atoms with Crippen molar-refractivity contribution in [1.82, 2.24) is 0 Å². The quantitative estimate of drug-likeness (QED) is 0.735. The van der Waals surface area contributed by atoms with Gasteiger partial charge in [0.05, 0.1) is 0 Å². The van der Waals surface area contributed by atoms with Gasteiger partial charge in [0, 0.05) is 5.54 Å². The smallest absolute Gasteiger partial charge is 0.0311 e. The number of nitrogens with two attached hydrogens (primary N) is 1. The van der Waals surface area contributed by atoms with Crippen LogP contribution in [0.2, 0.25) is 0 Å². The summed E-state index contributed by atoms with van der Waals surface area (Å²) in [5, 5.41) is 0. The Morgan fingerprint density at radius 1 is 1.23 bits per heavy atom. The first-order valence-corrected chi connectivity index (χ1v) is 4.53. The van der Waals surface area contributed by atoms with Crippen LogP contribution in [0.1, 0.15) is 26.3 Å². The van der Waals surface area contributed by atoms with Gasteiger partial charge >= 0.3 is 0 Å². The van der Waals surface area contributed by atoms with Crippen molar-refractivity contribution in [2.24, 2.45) is 5.73 Å². The molecule has 0 aliphatic rings. The topological polar surface area (TPSA) is 26.0 Å². The molecule has 70 valence electrons. The van der Waals surface area contributed by atoms with Gasteiger partial charge in [0.2, 0.25) is 0 Å². The Balaban J connectivity index is 2.90. The largest absolute Gasteiger partial charge is 0.322 e. The summed E-state index contributed by atoms with van der Waals surface area (Å²) in [5.41, 5.74) is 8.13. The van der Waals surface area contributed by atoms with E-state index in [9.17, 15) is 0 Å². The zero-order valence-corrected chi connectivity index (χ0v) is 8.54. The highest BCUT2D eigenvalue weighted by Gasteiger charge is 2.12. The van der Waals surface area contributed by atoms with Gasteiger partial charge in [-0.1, -0.05) is 42.0 Å². The second-order valence-corrected chi connectivity index (χ2v) is 3.96. The van der Waals surface area contributed by atoms with E-state index in [4.69, 9.17) is 5.73 Å². The van der Waals surface area contributed by atoms with E-state index in [1.807, 2.05) is 32.0 Å². The van der Waals surface area contributed by atoms with Crippen molar-refractivity contribution in [3.8, 4) is 0 Å². The molecule has 1 rings (SSSR count). The van der Waals surface area contributed by atoms with Crippen LogP contribution in [-0.4, -0.2) is 5.54 Å². The van der Waals surface area contributed by atoms with Crippen molar-refractivity contribution in [1.29, 1.82) is 0 Å². The van der Waals surface area contributed by atoms with Crippen LogP contribution in [0.15, 0.2) is 35.9 Å². The number of benzene rings is 1. The number of hydrogen-bond donors (Lipinski definition) is 1. The normalized spacial score (nSPS) is 13.1. The standard InChI is InChI=1S/C12H17N/c1-10(12(2,3)13)9-11-7-5-4-6-8-11/h4-9H,13H2,1-3H3/b10-9+. The van der Waals surface area contributed by atoms with E-state index >= 15 is 0 Å². The fraction of sp³-hybridized carbons (Fsp3) is 0.333. The van der Waals surface area contributed by atoms with Gasteiger partial charge in [-0.05, 0) is 26.3 Å². The fourth-order valence-electron chi connectivity index (χ4n) is 0.985. The molecule has 0 heterocycles. The first-order chi connectivity index (χ1) is 6.00. The van der Waals surface area contributed by atoms with E-state index in [0.29, 0.717) is 0 Å². The zero-order valence-electron chi connectivity index (χ0n) is 8.54. The maximum atomic E-state index is 5.96. The lowest BCUT2D eigenvalue weighted by Crippen LogP contribution is -2.32. The summed E-state index contributed by atoms with van der Waals surface area (Å²) in [6.45, 7) is 6.09. The second-order valence-electron chi connectivity index (χ2n) is 3.96. The molecule has 0 aliphatic heterocycles. The van der Waals surface area contributed by atoms with Crippen molar-refractivity contribution < 1.29 is 0 Å². The van der Waals surface area contributed by atoms with Gasteiger partial charge in [0.25, 0.3) is 0 Å².